The normalized spacial score (nSPS) is 12.4. The van der Waals surface area contributed by atoms with Gasteiger partial charge in [0.15, 0.2) is 0 Å². The van der Waals surface area contributed by atoms with Crippen LogP contribution in [0.3, 0.4) is 0 Å². The summed E-state index contributed by atoms with van der Waals surface area (Å²) in [5, 5.41) is 15.6. The Morgan fingerprint density at radius 1 is 0.842 bits per heavy atom. The van der Waals surface area contributed by atoms with Crippen molar-refractivity contribution in [2.75, 3.05) is 13.7 Å². The molecule has 3 N–H and O–H groups in total. The van der Waals surface area contributed by atoms with Crippen molar-refractivity contribution in [2.45, 2.75) is 77.5 Å². The maximum absolute atomic E-state index is 13.0. The van der Waals surface area contributed by atoms with Crippen LogP contribution in [0.25, 0.3) is 0 Å². The molecule has 2 aromatic rings. The third-order valence-corrected chi connectivity index (χ3v) is 6.25. The molecule has 0 radical (unpaired) electrons. The molecule has 2 amide bonds. The number of carbonyl (C=O) groups excluding carboxylic acids is 3. The number of amides is 2. The lowest BCUT2D eigenvalue weighted by molar-refractivity contribution is -0.140. The van der Waals surface area contributed by atoms with Gasteiger partial charge in [-0.25, -0.2) is 0 Å². The highest BCUT2D eigenvalue weighted by molar-refractivity contribution is 5.88. The fourth-order valence-corrected chi connectivity index (χ4v) is 3.99. The van der Waals surface area contributed by atoms with E-state index < -0.39 is 12.1 Å². The molecule has 0 heterocycles. The smallest absolute Gasteiger partial charge is 0.305 e. The van der Waals surface area contributed by atoms with Crippen molar-refractivity contribution in [2.24, 2.45) is 5.92 Å². The largest absolute Gasteiger partial charge is 0.489 e. The number of unbranched alkanes of at least 4 members (excludes halogenated alkanes) is 3. The molecular weight excluding hydrogens is 484 g/mol. The molecule has 0 saturated heterocycles. The Kier molecular flexibility index (Phi) is 13.9. The molecule has 8 nitrogen and oxygen atoms in total. The molecule has 0 aliphatic heterocycles. The second-order valence-electron chi connectivity index (χ2n) is 9.79. The number of ether oxygens (including phenoxy) is 2. The summed E-state index contributed by atoms with van der Waals surface area (Å²) in [6.45, 7) is 4.01. The van der Waals surface area contributed by atoms with Gasteiger partial charge in [0.1, 0.15) is 18.4 Å². The van der Waals surface area contributed by atoms with Crippen molar-refractivity contribution < 1.29 is 29.0 Å². The average molecular weight is 527 g/mol. The van der Waals surface area contributed by atoms with Crippen LogP contribution < -0.4 is 15.4 Å². The lowest BCUT2D eigenvalue weighted by Gasteiger charge is -2.25. The first-order chi connectivity index (χ1) is 18.3. The maximum atomic E-state index is 13.0. The Hall–Kier alpha value is -3.39. The topological polar surface area (TPSA) is 114 Å². The van der Waals surface area contributed by atoms with E-state index in [-0.39, 0.29) is 30.3 Å². The van der Waals surface area contributed by atoms with Crippen LogP contribution in [0.4, 0.5) is 0 Å². The van der Waals surface area contributed by atoms with Crippen molar-refractivity contribution >= 4 is 17.8 Å². The summed E-state index contributed by atoms with van der Waals surface area (Å²) in [6, 6.07) is 16.3. The third-order valence-electron chi connectivity index (χ3n) is 6.25. The van der Waals surface area contributed by atoms with Crippen molar-refractivity contribution in [1.82, 2.24) is 10.6 Å². The monoisotopic (exact) mass is 526 g/mol. The van der Waals surface area contributed by atoms with Gasteiger partial charge in [-0.15, -0.1) is 0 Å². The average Bonchev–Trinajstić information content (AvgIpc) is 2.92. The number of benzene rings is 2. The molecular formula is C30H42N2O6. The van der Waals surface area contributed by atoms with E-state index in [0.717, 1.165) is 36.1 Å². The van der Waals surface area contributed by atoms with Crippen molar-refractivity contribution in [3.8, 4) is 5.75 Å². The molecule has 0 saturated carbocycles. The van der Waals surface area contributed by atoms with E-state index >= 15 is 0 Å². The Morgan fingerprint density at radius 2 is 1.50 bits per heavy atom. The minimum absolute atomic E-state index is 0.112. The van der Waals surface area contributed by atoms with Crippen LogP contribution >= 0.6 is 0 Å². The molecule has 0 spiro atoms. The Balaban J connectivity index is 1.78. The minimum atomic E-state index is -0.690. The van der Waals surface area contributed by atoms with Gasteiger partial charge in [-0.1, -0.05) is 69.2 Å². The number of methoxy groups -OCH3 is 1. The predicted molar refractivity (Wildman–Crippen MR) is 146 cm³/mol. The molecule has 0 fully saturated rings. The van der Waals surface area contributed by atoms with E-state index in [4.69, 9.17) is 4.74 Å². The molecule has 8 heteroatoms. The molecule has 2 atom stereocenters. The number of nitrogens with one attached hydrogen (secondary N) is 2. The highest BCUT2D eigenvalue weighted by atomic mass is 16.5. The van der Waals surface area contributed by atoms with Gasteiger partial charge in [0.25, 0.3) is 0 Å². The number of hydrogen-bond donors (Lipinski definition) is 3. The van der Waals surface area contributed by atoms with Gasteiger partial charge in [0.05, 0.1) is 19.8 Å². The highest BCUT2D eigenvalue weighted by Crippen LogP contribution is 2.16. The van der Waals surface area contributed by atoms with Gasteiger partial charge in [-0.05, 0) is 48.4 Å². The fraction of sp³-hybridized carbons (Fsp3) is 0.500. The zero-order valence-electron chi connectivity index (χ0n) is 22.8. The lowest BCUT2D eigenvalue weighted by Crippen LogP contribution is -2.53. The van der Waals surface area contributed by atoms with E-state index in [1.165, 1.54) is 7.11 Å². The predicted octanol–water partition coefficient (Wildman–Crippen LogP) is 3.94. The summed E-state index contributed by atoms with van der Waals surface area (Å²) >= 11 is 0. The second kappa shape index (κ2) is 17.2. The first kappa shape index (κ1) is 30.8. The Labute approximate surface area is 226 Å². The molecule has 2 unspecified atom stereocenters. The number of esters is 1. The summed E-state index contributed by atoms with van der Waals surface area (Å²) < 4.78 is 10.4. The van der Waals surface area contributed by atoms with Gasteiger partial charge in [0.2, 0.25) is 11.8 Å². The molecule has 0 aliphatic carbocycles. The zero-order chi connectivity index (χ0) is 27.8. The van der Waals surface area contributed by atoms with E-state index in [1.54, 1.807) is 0 Å². The summed E-state index contributed by atoms with van der Waals surface area (Å²) in [7, 11) is 1.37. The number of rotatable bonds is 17. The van der Waals surface area contributed by atoms with Crippen LogP contribution in [0.2, 0.25) is 0 Å². The SMILES string of the molecule is COC(=O)CCCCCCC(=O)NC(C(=O)NC(CO)Cc1ccc(OCc2ccccc2)cc1)C(C)C. The van der Waals surface area contributed by atoms with E-state index in [9.17, 15) is 19.5 Å². The van der Waals surface area contributed by atoms with Crippen LogP contribution in [-0.4, -0.2) is 48.7 Å². The van der Waals surface area contributed by atoms with Gasteiger partial charge >= 0.3 is 5.97 Å². The molecule has 38 heavy (non-hydrogen) atoms. The van der Waals surface area contributed by atoms with Crippen LogP contribution in [-0.2, 0) is 32.1 Å². The molecule has 2 aromatic carbocycles. The van der Waals surface area contributed by atoms with E-state index in [2.05, 4.69) is 15.4 Å². The minimum Gasteiger partial charge on any atom is -0.489 e. The zero-order valence-corrected chi connectivity index (χ0v) is 22.8. The summed E-state index contributed by atoms with van der Waals surface area (Å²) in [5.41, 5.74) is 2.04. The summed E-state index contributed by atoms with van der Waals surface area (Å²) in [5.74, 6) is -0.0843. The number of carbonyl (C=O) groups is 3. The lowest BCUT2D eigenvalue weighted by atomic mass is 10.0. The fourth-order valence-electron chi connectivity index (χ4n) is 3.99. The number of aliphatic hydroxyl groups is 1. The highest BCUT2D eigenvalue weighted by Gasteiger charge is 2.26. The molecule has 2 rings (SSSR count). The van der Waals surface area contributed by atoms with Crippen molar-refractivity contribution in [1.29, 1.82) is 0 Å². The molecule has 0 aromatic heterocycles. The first-order valence-corrected chi connectivity index (χ1v) is 13.4. The Morgan fingerprint density at radius 3 is 2.11 bits per heavy atom. The van der Waals surface area contributed by atoms with Crippen LogP contribution in [0.15, 0.2) is 54.6 Å². The maximum Gasteiger partial charge on any atom is 0.305 e. The Bertz CT molecular complexity index is 978. The molecule has 0 bridgehead atoms. The van der Waals surface area contributed by atoms with Gasteiger partial charge < -0.3 is 25.2 Å². The second-order valence-corrected chi connectivity index (χ2v) is 9.79. The van der Waals surface area contributed by atoms with Crippen LogP contribution in [0, 0.1) is 5.92 Å². The van der Waals surface area contributed by atoms with E-state index in [0.29, 0.717) is 32.3 Å². The van der Waals surface area contributed by atoms with Crippen molar-refractivity contribution in [3.63, 3.8) is 0 Å². The van der Waals surface area contributed by atoms with Crippen LogP contribution in [0.5, 0.6) is 5.75 Å². The van der Waals surface area contributed by atoms with Gasteiger partial charge in [-0.3, -0.25) is 14.4 Å². The van der Waals surface area contributed by atoms with Gasteiger partial charge in [-0.2, -0.15) is 0 Å². The first-order valence-electron chi connectivity index (χ1n) is 13.4. The summed E-state index contributed by atoms with van der Waals surface area (Å²) in [4.78, 5) is 36.5. The van der Waals surface area contributed by atoms with Gasteiger partial charge in [0, 0.05) is 12.8 Å². The van der Waals surface area contributed by atoms with E-state index in [1.807, 2.05) is 68.4 Å². The number of aliphatic hydroxyl groups excluding tert-OH is 1. The molecule has 0 aliphatic rings. The molecule has 208 valence electrons. The standard InChI is InChI=1S/C30H42N2O6/c1-22(2)29(32-27(34)13-9-4-5-10-14-28(35)37-3)30(36)31-25(20-33)19-23-15-17-26(18-16-23)38-21-24-11-7-6-8-12-24/h6-8,11-12,15-18,22,25,29,33H,4-5,9-10,13-14,19-21H2,1-3H3,(H,31,36)(H,32,34). The third kappa shape index (κ3) is 11.8. The quantitative estimate of drug-likeness (QED) is 0.213. The van der Waals surface area contributed by atoms with Crippen LogP contribution in [0.1, 0.15) is 63.5 Å². The summed E-state index contributed by atoms with van der Waals surface area (Å²) in [6.07, 6.45) is 4.24. The van der Waals surface area contributed by atoms with Crippen molar-refractivity contribution in [3.05, 3.63) is 65.7 Å². The number of hydrogen-bond acceptors (Lipinski definition) is 6.